The van der Waals surface area contributed by atoms with E-state index in [0.717, 1.165) is 30.5 Å². The van der Waals surface area contributed by atoms with Gasteiger partial charge in [0.25, 0.3) is 0 Å². The zero-order valence-electron chi connectivity index (χ0n) is 15.2. The molecule has 1 spiro atoms. The lowest BCUT2D eigenvalue weighted by Crippen LogP contribution is -2.48. The number of urea groups is 1. The zero-order valence-corrected chi connectivity index (χ0v) is 15.2. The third-order valence-corrected chi connectivity index (χ3v) is 5.28. The standard InChI is InChI=1S/C21H22FN3O2/c1-15-2-4-16(5-3-15)19-14-21(27-24-19)10-12-25(13-11-21)20(26)23-18-8-6-17(22)7-9-18/h2-9H,10-14H2,1H3,(H,23,26). The van der Waals surface area contributed by atoms with Crippen LogP contribution in [0.1, 0.15) is 30.4 Å². The first-order valence-corrected chi connectivity index (χ1v) is 9.17. The van der Waals surface area contributed by atoms with E-state index in [9.17, 15) is 9.18 Å². The molecule has 27 heavy (non-hydrogen) atoms. The molecule has 2 aliphatic heterocycles. The maximum Gasteiger partial charge on any atom is 0.321 e. The fourth-order valence-corrected chi connectivity index (χ4v) is 3.54. The normalized spacial score (nSPS) is 18.1. The average Bonchev–Trinajstić information content (AvgIpc) is 3.08. The highest BCUT2D eigenvalue weighted by atomic mass is 19.1. The fraction of sp³-hybridized carbons (Fsp3) is 0.333. The Morgan fingerprint density at radius 2 is 1.78 bits per heavy atom. The van der Waals surface area contributed by atoms with Crippen molar-refractivity contribution in [3.8, 4) is 0 Å². The van der Waals surface area contributed by atoms with Crippen LogP contribution in [-0.2, 0) is 4.84 Å². The largest absolute Gasteiger partial charge is 0.388 e. The Hall–Kier alpha value is -2.89. The Morgan fingerprint density at radius 3 is 2.44 bits per heavy atom. The van der Waals surface area contributed by atoms with E-state index in [1.165, 1.54) is 17.7 Å². The Morgan fingerprint density at radius 1 is 1.11 bits per heavy atom. The molecule has 0 atom stereocenters. The summed E-state index contributed by atoms with van der Waals surface area (Å²) in [6.45, 7) is 3.26. The van der Waals surface area contributed by atoms with E-state index in [1.54, 1.807) is 17.0 Å². The van der Waals surface area contributed by atoms with Gasteiger partial charge in [0.2, 0.25) is 0 Å². The molecule has 140 valence electrons. The quantitative estimate of drug-likeness (QED) is 0.859. The van der Waals surface area contributed by atoms with E-state index >= 15 is 0 Å². The molecule has 5 nitrogen and oxygen atoms in total. The molecule has 0 aliphatic carbocycles. The average molecular weight is 367 g/mol. The minimum Gasteiger partial charge on any atom is -0.388 e. The van der Waals surface area contributed by atoms with Gasteiger partial charge < -0.3 is 15.1 Å². The number of nitrogens with one attached hydrogen (secondary N) is 1. The SMILES string of the molecule is Cc1ccc(C2=NOC3(CCN(C(=O)Nc4ccc(F)cc4)CC3)C2)cc1. The van der Waals surface area contributed by atoms with Gasteiger partial charge in [-0.2, -0.15) is 0 Å². The summed E-state index contributed by atoms with van der Waals surface area (Å²) in [6, 6.07) is 13.9. The van der Waals surface area contributed by atoms with Gasteiger partial charge in [0.1, 0.15) is 11.4 Å². The van der Waals surface area contributed by atoms with Crippen LogP contribution >= 0.6 is 0 Å². The summed E-state index contributed by atoms with van der Waals surface area (Å²) >= 11 is 0. The summed E-state index contributed by atoms with van der Waals surface area (Å²) in [4.78, 5) is 20.0. The smallest absolute Gasteiger partial charge is 0.321 e. The predicted molar refractivity (Wildman–Crippen MR) is 102 cm³/mol. The van der Waals surface area contributed by atoms with Crippen molar-refractivity contribution in [3.63, 3.8) is 0 Å². The second-order valence-corrected chi connectivity index (χ2v) is 7.28. The molecule has 0 unspecified atom stereocenters. The van der Waals surface area contributed by atoms with Crippen LogP contribution in [0.4, 0.5) is 14.9 Å². The molecule has 1 fully saturated rings. The molecule has 0 aromatic heterocycles. The van der Waals surface area contributed by atoms with Crippen LogP contribution in [0, 0.1) is 12.7 Å². The molecule has 2 aliphatic rings. The van der Waals surface area contributed by atoms with E-state index in [0.29, 0.717) is 18.8 Å². The summed E-state index contributed by atoms with van der Waals surface area (Å²) in [5, 5.41) is 7.13. The van der Waals surface area contributed by atoms with Gasteiger partial charge in [0.05, 0.1) is 5.71 Å². The van der Waals surface area contributed by atoms with Crippen LogP contribution in [0.5, 0.6) is 0 Å². The predicted octanol–water partition coefficient (Wildman–Crippen LogP) is 4.33. The molecule has 1 saturated heterocycles. The Labute approximate surface area is 157 Å². The highest BCUT2D eigenvalue weighted by Gasteiger charge is 2.43. The second kappa shape index (κ2) is 7.02. The number of carbonyl (C=O) groups is 1. The van der Waals surface area contributed by atoms with Gasteiger partial charge in [-0.25, -0.2) is 9.18 Å². The highest BCUT2D eigenvalue weighted by Crippen LogP contribution is 2.36. The topological polar surface area (TPSA) is 53.9 Å². The first-order chi connectivity index (χ1) is 13.0. The number of hydrogen-bond donors (Lipinski definition) is 1. The van der Waals surface area contributed by atoms with Crippen molar-refractivity contribution >= 4 is 17.4 Å². The van der Waals surface area contributed by atoms with Crippen molar-refractivity contribution in [1.82, 2.24) is 4.90 Å². The maximum atomic E-state index is 13.0. The van der Waals surface area contributed by atoms with E-state index < -0.39 is 0 Å². The molecule has 0 bridgehead atoms. The highest BCUT2D eigenvalue weighted by molar-refractivity contribution is 6.01. The third kappa shape index (κ3) is 3.79. The van der Waals surface area contributed by atoms with Crippen molar-refractivity contribution in [2.45, 2.75) is 31.8 Å². The molecular formula is C21H22FN3O2. The van der Waals surface area contributed by atoms with Gasteiger partial charge in [-0.3, -0.25) is 0 Å². The number of piperidine rings is 1. The van der Waals surface area contributed by atoms with Gasteiger partial charge in [0.15, 0.2) is 0 Å². The first kappa shape index (κ1) is 17.5. The van der Waals surface area contributed by atoms with E-state index in [-0.39, 0.29) is 17.4 Å². The lowest BCUT2D eigenvalue weighted by Gasteiger charge is -2.37. The molecule has 2 heterocycles. The number of aryl methyl sites for hydroxylation is 1. The van der Waals surface area contributed by atoms with Gasteiger partial charge >= 0.3 is 6.03 Å². The summed E-state index contributed by atoms with van der Waals surface area (Å²) in [7, 11) is 0. The third-order valence-electron chi connectivity index (χ3n) is 5.28. The molecule has 0 radical (unpaired) electrons. The van der Waals surface area contributed by atoms with Crippen molar-refractivity contribution < 1.29 is 14.0 Å². The number of nitrogens with zero attached hydrogens (tertiary/aromatic N) is 2. The second-order valence-electron chi connectivity index (χ2n) is 7.28. The fourth-order valence-electron chi connectivity index (χ4n) is 3.54. The van der Waals surface area contributed by atoms with E-state index in [2.05, 4.69) is 41.7 Å². The molecule has 4 rings (SSSR count). The molecule has 2 aromatic carbocycles. The summed E-state index contributed by atoms with van der Waals surface area (Å²) in [6.07, 6.45) is 2.24. The van der Waals surface area contributed by atoms with Gasteiger partial charge in [0, 0.05) is 38.0 Å². The minimum absolute atomic E-state index is 0.172. The van der Waals surface area contributed by atoms with Crippen molar-refractivity contribution in [2.24, 2.45) is 5.16 Å². The molecule has 2 aromatic rings. The van der Waals surface area contributed by atoms with Gasteiger partial charge in [-0.05, 0) is 36.8 Å². The summed E-state index contributed by atoms with van der Waals surface area (Å²) in [5.74, 6) is -0.323. The molecule has 0 saturated carbocycles. The number of rotatable bonds is 2. The monoisotopic (exact) mass is 367 g/mol. The van der Waals surface area contributed by atoms with E-state index in [4.69, 9.17) is 4.84 Å². The number of carbonyl (C=O) groups excluding carboxylic acids is 1. The number of hydrogen-bond acceptors (Lipinski definition) is 3. The van der Waals surface area contributed by atoms with Gasteiger partial charge in [-0.1, -0.05) is 35.0 Å². The van der Waals surface area contributed by atoms with Crippen LogP contribution in [0.25, 0.3) is 0 Å². The van der Waals surface area contributed by atoms with Crippen LogP contribution < -0.4 is 5.32 Å². The zero-order chi connectivity index (χ0) is 18.9. The van der Waals surface area contributed by atoms with Crippen molar-refractivity contribution in [2.75, 3.05) is 18.4 Å². The van der Waals surface area contributed by atoms with Crippen LogP contribution in [-0.4, -0.2) is 35.3 Å². The number of anilines is 1. The summed E-state index contributed by atoms with van der Waals surface area (Å²) < 4.78 is 13.0. The van der Waals surface area contributed by atoms with Crippen molar-refractivity contribution in [3.05, 3.63) is 65.5 Å². The Bertz CT molecular complexity index is 854. The molecule has 2 amide bonds. The Kier molecular flexibility index (Phi) is 4.56. The molecular weight excluding hydrogens is 345 g/mol. The maximum absolute atomic E-state index is 13.0. The molecule has 6 heteroatoms. The van der Waals surface area contributed by atoms with Crippen LogP contribution in [0.15, 0.2) is 53.7 Å². The van der Waals surface area contributed by atoms with E-state index in [1.807, 2.05) is 0 Å². The number of oxime groups is 1. The van der Waals surface area contributed by atoms with Crippen LogP contribution in [0.2, 0.25) is 0 Å². The number of benzene rings is 2. The van der Waals surface area contributed by atoms with Gasteiger partial charge in [-0.15, -0.1) is 0 Å². The number of amides is 2. The molecule has 1 N–H and O–H groups in total. The van der Waals surface area contributed by atoms with Crippen LogP contribution in [0.3, 0.4) is 0 Å². The Balaban J connectivity index is 1.33. The number of likely N-dealkylation sites (tertiary alicyclic amines) is 1. The number of halogens is 1. The first-order valence-electron chi connectivity index (χ1n) is 9.17. The van der Waals surface area contributed by atoms with Crippen molar-refractivity contribution in [1.29, 1.82) is 0 Å². The lowest BCUT2D eigenvalue weighted by atomic mass is 9.85. The lowest BCUT2D eigenvalue weighted by molar-refractivity contribution is -0.0544. The minimum atomic E-state index is -0.323. The summed E-state index contributed by atoms with van der Waals surface area (Å²) in [5.41, 5.74) is 3.55.